The van der Waals surface area contributed by atoms with Gasteiger partial charge in [-0.05, 0) is 48.6 Å². The van der Waals surface area contributed by atoms with E-state index in [-0.39, 0.29) is 5.70 Å². The Morgan fingerprint density at radius 1 is 0.857 bits per heavy atom. The minimum Gasteiger partial charge on any atom is -0.457 e. The second-order valence-corrected chi connectivity index (χ2v) is 6.08. The van der Waals surface area contributed by atoms with Crippen molar-refractivity contribution in [3.05, 3.63) is 90.7 Å². The van der Waals surface area contributed by atoms with Gasteiger partial charge in [-0.2, -0.15) is 18.3 Å². The zero-order valence-electron chi connectivity index (χ0n) is 14.5. The van der Waals surface area contributed by atoms with Crippen molar-refractivity contribution in [2.45, 2.75) is 12.6 Å². The van der Waals surface area contributed by atoms with Crippen LogP contribution in [0.1, 0.15) is 6.42 Å². The molecular weight excluding hydrogens is 369 g/mol. The molecule has 0 radical (unpaired) electrons. The first-order chi connectivity index (χ1) is 13.5. The Morgan fingerprint density at radius 3 is 2.29 bits per heavy atom. The fourth-order valence-electron chi connectivity index (χ4n) is 2.75. The number of azo groups is 1. The molecule has 8 heteroatoms. The molecule has 5 nitrogen and oxygen atoms in total. The van der Waals surface area contributed by atoms with E-state index >= 15 is 0 Å². The van der Waals surface area contributed by atoms with Gasteiger partial charge >= 0.3 is 6.18 Å². The fraction of sp³-hybridized carbons (Fsp3) is 0.100. The van der Waals surface area contributed by atoms with E-state index in [2.05, 4.69) is 10.2 Å². The number of halogens is 3. The third-order valence-electron chi connectivity index (χ3n) is 3.95. The maximum absolute atomic E-state index is 12.7. The smallest absolute Gasteiger partial charge is 0.394 e. The molecule has 0 unspecified atom stereocenters. The summed E-state index contributed by atoms with van der Waals surface area (Å²) in [6, 6.07) is 16.6. The van der Waals surface area contributed by atoms with Gasteiger partial charge < -0.3 is 4.74 Å². The first kappa shape index (κ1) is 17.8. The lowest BCUT2D eigenvalue weighted by Crippen LogP contribution is -2.36. The van der Waals surface area contributed by atoms with Crippen LogP contribution < -0.4 is 9.75 Å². The van der Waals surface area contributed by atoms with Gasteiger partial charge in [-0.3, -0.25) is 5.01 Å². The van der Waals surface area contributed by atoms with Crippen molar-refractivity contribution < 1.29 is 17.9 Å². The molecule has 0 saturated carbocycles. The van der Waals surface area contributed by atoms with E-state index in [0.29, 0.717) is 11.6 Å². The van der Waals surface area contributed by atoms with Crippen molar-refractivity contribution in [1.82, 2.24) is 5.01 Å². The quantitative estimate of drug-likeness (QED) is 0.637. The Bertz CT molecular complexity index is 963. The van der Waals surface area contributed by atoms with Crippen LogP contribution in [0, 0.1) is 0 Å². The van der Waals surface area contributed by atoms with Crippen molar-refractivity contribution in [2.24, 2.45) is 10.2 Å². The van der Waals surface area contributed by atoms with Crippen molar-refractivity contribution >= 4 is 5.69 Å². The van der Waals surface area contributed by atoms with Crippen molar-refractivity contribution in [3.63, 3.8) is 0 Å². The predicted octanol–water partition coefficient (Wildman–Crippen LogP) is 6.13. The first-order valence-electron chi connectivity index (χ1n) is 8.47. The number of ether oxygens (including phenoxy) is 1. The number of benzene rings is 2. The minimum absolute atomic E-state index is 0.158. The number of alkyl halides is 3. The molecule has 0 spiro atoms. The molecule has 0 saturated heterocycles. The molecule has 4 rings (SSSR count). The summed E-state index contributed by atoms with van der Waals surface area (Å²) in [5, 5.41) is 10.8. The minimum atomic E-state index is -4.35. The van der Waals surface area contributed by atoms with Crippen LogP contribution in [0.3, 0.4) is 0 Å². The fourth-order valence-corrected chi connectivity index (χ4v) is 2.75. The van der Waals surface area contributed by atoms with E-state index in [4.69, 9.17) is 4.74 Å². The Morgan fingerprint density at radius 2 is 1.57 bits per heavy atom. The Balaban J connectivity index is 1.54. The summed E-state index contributed by atoms with van der Waals surface area (Å²) in [5.41, 5.74) is 0.580. The standard InChI is InChI=1S/C20H15F3N4O/c21-20(22,23)13-15-14-27-19(25-24-15)7-4-12-26(27)16-8-10-18(11-9-16)28-17-5-2-1-3-6-17/h1-12,14H,13H2. The van der Waals surface area contributed by atoms with E-state index in [9.17, 15) is 13.2 Å². The Labute approximate surface area is 159 Å². The molecule has 142 valence electrons. The van der Waals surface area contributed by atoms with E-state index in [0.717, 1.165) is 11.4 Å². The Kier molecular flexibility index (Phi) is 4.60. The number of hydrogen-bond acceptors (Lipinski definition) is 5. The highest BCUT2D eigenvalue weighted by Gasteiger charge is 2.32. The van der Waals surface area contributed by atoms with Gasteiger partial charge in [0.25, 0.3) is 0 Å². The number of para-hydroxylation sites is 1. The largest absolute Gasteiger partial charge is 0.457 e. The van der Waals surface area contributed by atoms with Crippen LogP contribution in [-0.2, 0) is 0 Å². The molecule has 0 aromatic heterocycles. The van der Waals surface area contributed by atoms with E-state index in [1.807, 2.05) is 42.5 Å². The molecule has 0 aliphatic carbocycles. The maximum Gasteiger partial charge on any atom is 0.394 e. The Hall–Kier alpha value is -3.55. The molecule has 0 N–H and O–H groups in total. The number of rotatable bonds is 4. The van der Waals surface area contributed by atoms with Crippen LogP contribution in [0.2, 0.25) is 0 Å². The van der Waals surface area contributed by atoms with Crippen LogP contribution >= 0.6 is 0 Å². The van der Waals surface area contributed by atoms with Crippen molar-refractivity contribution in [2.75, 3.05) is 5.01 Å². The van der Waals surface area contributed by atoms with Crippen LogP contribution in [0.25, 0.3) is 0 Å². The molecule has 0 bridgehead atoms. The number of hydrogen-bond donors (Lipinski definition) is 0. The molecule has 0 atom stereocenters. The molecule has 2 aliphatic heterocycles. The van der Waals surface area contributed by atoms with Gasteiger partial charge in [0.2, 0.25) is 0 Å². The third kappa shape index (κ3) is 4.06. The van der Waals surface area contributed by atoms with E-state index in [1.54, 1.807) is 35.5 Å². The second kappa shape index (κ2) is 7.22. The highest BCUT2D eigenvalue weighted by Crippen LogP contribution is 2.33. The zero-order valence-corrected chi connectivity index (χ0v) is 14.5. The average Bonchev–Trinajstić information content (AvgIpc) is 2.68. The van der Waals surface area contributed by atoms with Crippen molar-refractivity contribution in [3.8, 4) is 11.5 Å². The van der Waals surface area contributed by atoms with Gasteiger partial charge in [0, 0.05) is 6.20 Å². The van der Waals surface area contributed by atoms with Crippen molar-refractivity contribution in [1.29, 1.82) is 0 Å². The lowest BCUT2D eigenvalue weighted by atomic mass is 10.2. The lowest BCUT2D eigenvalue weighted by Gasteiger charge is -2.36. The number of allylic oxidation sites excluding steroid dienone is 3. The second-order valence-electron chi connectivity index (χ2n) is 6.08. The van der Waals surface area contributed by atoms with Gasteiger partial charge in [0.1, 0.15) is 11.5 Å². The normalized spacial score (nSPS) is 15.8. The molecular formula is C20H15F3N4O. The number of anilines is 1. The monoisotopic (exact) mass is 384 g/mol. The van der Waals surface area contributed by atoms with Gasteiger partial charge in [-0.1, -0.05) is 18.2 Å². The molecule has 28 heavy (non-hydrogen) atoms. The molecule has 2 aromatic rings. The summed E-state index contributed by atoms with van der Waals surface area (Å²) in [6.07, 6.45) is 1.01. The highest BCUT2D eigenvalue weighted by atomic mass is 19.4. The summed E-state index contributed by atoms with van der Waals surface area (Å²) < 4.78 is 43.8. The maximum atomic E-state index is 12.7. The van der Waals surface area contributed by atoms with Gasteiger partial charge in [-0.25, -0.2) is 5.01 Å². The highest BCUT2D eigenvalue weighted by molar-refractivity contribution is 5.53. The molecule has 2 aliphatic rings. The zero-order chi connectivity index (χ0) is 19.6. The summed E-state index contributed by atoms with van der Waals surface area (Å²) >= 11 is 0. The van der Waals surface area contributed by atoms with Crippen LogP contribution in [0.5, 0.6) is 11.5 Å². The summed E-state index contributed by atoms with van der Waals surface area (Å²) in [5.74, 6) is 1.80. The lowest BCUT2D eigenvalue weighted by molar-refractivity contribution is -0.127. The number of fused-ring (bicyclic) bond motifs is 1. The average molecular weight is 384 g/mol. The van der Waals surface area contributed by atoms with Gasteiger partial charge in [0.15, 0.2) is 5.82 Å². The summed E-state index contributed by atoms with van der Waals surface area (Å²) in [7, 11) is 0. The first-order valence-corrected chi connectivity index (χ1v) is 8.47. The predicted molar refractivity (Wildman–Crippen MR) is 98.1 cm³/mol. The SMILES string of the molecule is FC(F)(F)CC1=CN2C(=CC=CN2c2ccc(Oc3ccccc3)cc2)N=N1. The molecule has 2 aromatic carbocycles. The number of hydrazine groups is 1. The van der Waals surface area contributed by atoms with Gasteiger partial charge in [0.05, 0.1) is 24.0 Å². The van der Waals surface area contributed by atoms with E-state index < -0.39 is 12.6 Å². The summed E-state index contributed by atoms with van der Waals surface area (Å²) in [4.78, 5) is 0. The van der Waals surface area contributed by atoms with E-state index in [1.165, 1.54) is 11.2 Å². The van der Waals surface area contributed by atoms with Crippen LogP contribution in [0.4, 0.5) is 18.9 Å². The van der Waals surface area contributed by atoms with Crippen LogP contribution in [-0.4, -0.2) is 11.2 Å². The van der Waals surface area contributed by atoms with Crippen LogP contribution in [0.15, 0.2) is 101 Å². The molecule has 0 amide bonds. The molecule has 2 heterocycles. The number of nitrogens with zero attached hydrogens (tertiary/aromatic N) is 4. The topological polar surface area (TPSA) is 40.4 Å². The molecule has 0 fully saturated rings. The summed E-state index contributed by atoms with van der Waals surface area (Å²) in [6.45, 7) is 0. The third-order valence-corrected chi connectivity index (χ3v) is 3.95. The van der Waals surface area contributed by atoms with Gasteiger partial charge in [-0.15, -0.1) is 5.11 Å².